The van der Waals surface area contributed by atoms with Crippen molar-refractivity contribution in [1.29, 1.82) is 0 Å². The fourth-order valence-electron chi connectivity index (χ4n) is 2.43. The molecule has 8 heteroatoms. The summed E-state index contributed by atoms with van der Waals surface area (Å²) in [7, 11) is -3.07. The van der Waals surface area contributed by atoms with Crippen molar-refractivity contribution >= 4 is 21.8 Å². The van der Waals surface area contributed by atoms with E-state index in [-0.39, 0.29) is 24.0 Å². The second kappa shape index (κ2) is 7.63. The van der Waals surface area contributed by atoms with Gasteiger partial charge in [-0.2, -0.15) is 0 Å². The molecule has 3 N–H and O–H groups in total. The Morgan fingerprint density at radius 1 is 1.33 bits per heavy atom. The number of sulfone groups is 1. The molecule has 0 aromatic rings. The van der Waals surface area contributed by atoms with Gasteiger partial charge in [-0.1, -0.05) is 13.8 Å². The molecule has 1 aliphatic rings. The number of amides is 2. The fraction of sp³-hybridized carbons (Fsp3) is 0.846. The number of hydrogen-bond acceptors (Lipinski definition) is 4. The van der Waals surface area contributed by atoms with E-state index in [1.807, 2.05) is 13.8 Å². The normalized spacial score (nSPS) is 22.5. The average molecular weight is 320 g/mol. The number of nitrogens with one attached hydrogen (secondary N) is 2. The third kappa shape index (κ3) is 6.79. The van der Waals surface area contributed by atoms with Gasteiger partial charge in [0.05, 0.1) is 17.4 Å². The van der Waals surface area contributed by atoms with Crippen molar-refractivity contribution in [3.63, 3.8) is 0 Å². The van der Waals surface area contributed by atoms with Gasteiger partial charge in [0.1, 0.15) is 0 Å². The Hall–Kier alpha value is -1.31. The van der Waals surface area contributed by atoms with Crippen LogP contribution in [0.1, 0.15) is 33.1 Å². The zero-order valence-corrected chi connectivity index (χ0v) is 13.3. The standard InChI is InChI=1S/C13H24N2O5S/c1-9(2)6-10(12(16)17)7-14-13(18)15-11-4-3-5-21(19,20)8-11/h9-11H,3-8H2,1-2H3,(H,16,17)(H2,14,15,18). The number of carboxylic acid groups (broad SMARTS) is 1. The van der Waals surface area contributed by atoms with E-state index in [0.29, 0.717) is 19.3 Å². The first-order valence-electron chi connectivity index (χ1n) is 7.17. The molecule has 1 aliphatic heterocycles. The molecule has 21 heavy (non-hydrogen) atoms. The minimum Gasteiger partial charge on any atom is -0.481 e. The van der Waals surface area contributed by atoms with E-state index in [1.54, 1.807) is 0 Å². The summed E-state index contributed by atoms with van der Waals surface area (Å²) in [5.41, 5.74) is 0. The zero-order valence-electron chi connectivity index (χ0n) is 12.5. The average Bonchev–Trinajstić information content (AvgIpc) is 2.32. The van der Waals surface area contributed by atoms with E-state index in [9.17, 15) is 18.0 Å². The molecule has 0 aromatic carbocycles. The van der Waals surface area contributed by atoms with Gasteiger partial charge >= 0.3 is 12.0 Å². The summed E-state index contributed by atoms with van der Waals surface area (Å²) in [6.07, 6.45) is 1.65. The van der Waals surface area contributed by atoms with Crippen LogP contribution in [0.5, 0.6) is 0 Å². The molecule has 0 saturated carbocycles. The molecule has 0 radical (unpaired) electrons. The lowest BCUT2D eigenvalue weighted by Crippen LogP contribution is -2.48. The number of aliphatic carboxylic acids is 1. The van der Waals surface area contributed by atoms with Crippen LogP contribution in [0.4, 0.5) is 4.79 Å². The van der Waals surface area contributed by atoms with Crippen LogP contribution in [-0.4, -0.2) is 49.6 Å². The minimum absolute atomic E-state index is 0.0405. The van der Waals surface area contributed by atoms with Gasteiger partial charge in [0, 0.05) is 12.6 Å². The molecule has 0 bridgehead atoms. The Morgan fingerprint density at radius 2 is 2.00 bits per heavy atom. The van der Waals surface area contributed by atoms with Crippen LogP contribution in [0.25, 0.3) is 0 Å². The topological polar surface area (TPSA) is 113 Å². The molecule has 2 amide bonds. The van der Waals surface area contributed by atoms with Gasteiger partial charge in [0.15, 0.2) is 9.84 Å². The number of carboxylic acids is 1. The van der Waals surface area contributed by atoms with Crippen LogP contribution >= 0.6 is 0 Å². The number of carbonyl (C=O) groups is 2. The first-order valence-corrected chi connectivity index (χ1v) is 8.99. The smallest absolute Gasteiger partial charge is 0.315 e. The lowest BCUT2D eigenvalue weighted by atomic mass is 9.97. The van der Waals surface area contributed by atoms with Crippen molar-refractivity contribution in [2.24, 2.45) is 11.8 Å². The summed E-state index contributed by atoms with van der Waals surface area (Å²) in [5, 5.41) is 14.2. The monoisotopic (exact) mass is 320 g/mol. The maximum absolute atomic E-state index is 11.7. The highest BCUT2D eigenvalue weighted by Crippen LogP contribution is 2.13. The summed E-state index contributed by atoms with van der Waals surface area (Å²) in [6, 6.07) is -0.899. The summed E-state index contributed by atoms with van der Waals surface area (Å²) < 4.78 is 22.9. The lowest BCUT2D eigenvalue weighted by molar-refractivity contribution is -0.142. The Bertz CT molecular complexity index is 475. The number of rotatable bonds is 6. The molecule has 7 nitrogen and oxygen atoms in total. The molecular formula is C13H24N2O5S. The van der Waals surface area contributed by atoms with E-state index >= 15 is 0 Å². The molecule has 1 saturated heterocycles. The Labute approximate surface area is 125 Å². The van der Waals surface area contributed by atoms with Gasteiger partial charge in [-0.05, 0) is 25.2 Å². The van der Waals surface area contributed by atoms with Gasteiger partial charge in [-0.25, -0.2) is 13.2 Å². The van der Waals surface area contributed by atoms with E-state index in [0.717, 1.165) is 0 Å². The fourth-order valence-corrected chi connectivity index (χ4v) is 4.07. The van der Waals surface area contributed by atoms with E-state index in [1.165, 1.54) is 0 Å². The molecule has 1 fully saturated rings. The molecule has 2 unspecified atom stereocenters. The van der Waals surface area contributed by atoms with Gasteiger partial charge < -0.3 is 15.7 Å². The third-order valence-corrected chi connectivity index (χ3v) is 5.23. The van der Waals surface area contributed by atoms with E-state index < -0.39 is 33.8 Å². The summed E-state index contributed by atoms with van der Waals surface area (Å²) >= 11 is 0. The van der Waals surface area contributed by atoms with Gasteiger partial charge in [0.2, 0.25) is 0 Å². The Morgan fingerprint density at radius 3 is 2.52 bits per heavy atom. The van der Waals surface area contributed by atoms with Crippen molar-refractivity contribution in [1.82, 2.24) is 10.6 Å². The van der Waals surface area contributed by atoms with Gasteiger partial charge in [-0.3, -0.25) is 4.79 Å². The van der Waals surface area contributed by atoms with Crippen molar-refractivity contribution in [3.8, 4) is 0 Å². The number of urea groups is 1. The number of hydrogen-bond donors (Lipinski definition) is 3. The maximum atomic E-state index is 11.7. The quantitative estimate of drug-likeness (QED) is 0.664. The SMILES string of the molecule is CC(C)CC(CNC(=O)NC1CCCS(=O)(=O)C1)C(=O)O. The first-order chi connectivity index (χ1) is 9.69. The van der Waals surface area contributed by atoms with Gasteiger partial charge in [-0.15, -0.1) is 0 Å². The van der Waals surface area contributed by atoms with Crippen LogP contribution in [0, 0.1) is 11.8 Å². The second-order valence-corrected chi connectivity index (χ2v) is 8.20. The first kappa shape index (κ1) is 17.7. The summed E-state index contributed by atoms with van der Waals surface area (Å²) in [6.45, 7) is 3.88. The third-order valence-electron chi connectivity index (χ3n) is 3.41. The maximum Gasteiger partial charge on any atom is 0.315 e. The van der Waals surface area contributed by atoms with Crippen molar-refractivity contribution in [2.75, 3.05) is 18.1 Å². The van der Waals surface area contributed by atoms with Crippen LogP contribution in [0.15, 0.2) is 0 Å². The van der Waals surface area contributed by atoms with Crippen molar-refractivity contribution in [3.05, 3.63) is 0 Å². The van der Waals surface area contributed by atoms with Crippen LogP contribution in [0.2, 0.25) is 0 Å². The van der Waals surface area contributed by atoms with E-state index in [4.69, 9.17) is 5.11 Å². The highest BCUT2D eigenvalue weighted by molar-refractivity contribution is 7.91. The van der Waals surface area contributed by atoms with Crippen molar-refractivity contribution in [2.45, 2.75) is 39.2 Å². The predicted molar refractivity (Wildman–Crippen MR) is 78.8 cm³/mol. The summed E-state index contributed by atoms with van der Waals surface area (Å²) in [5.74, 6) is -1.23. The molecule has 1 rings (SSSR count). The molecular weight excluding hydrogens is 296 g/mol. The lowest BCUT2D eigenvalue weighted by Gasteiger charge is -2.23. The Balaban J connectivity index is 2.40. The van der Waals surface area contributed by atoms with Crippen molar-refractivity contribution < 1.29 is 23.1 Å². The molecule has 1 heterocycles. The number of carbonyl (C=O) groups excluding carboxylic acids is 1. The zero-order chi connectivity index (χ0) is 16.0. The largest absolute Gasteiger partial charge is 0.481 e. The van der Waals surface area contributed by atoms with Crippen LogP contribution in [0.3, 0.4) is 0 Å². The minimum atomic E-state index is -3.07. The molecule has 0 aromatic heterocycles. The van der Waals surface area contributed by atoms with Gasteiger partial charge in [0.25, 0.3) is 0 Å². The predicted octanol–water partition coefficient (Wildman–Crippen LogP) is 0.610. The molecule has 0 aliphatic carbocycles. The molecule has 122 valence electrons. The Kier molecular flexibility index (Phi) is 6.44. The summed E-state index contributed by atoms with van der Waals surface area (Å²) in [4.78, 5) is 22.8. The van der Waals surface area contributed by atoms with E-state index in [2.05, 4.69) is 10.6 Å². The highest BCUT2D eigenvalue weighted by atomic mass is 32.2. The second-order valence-electron chi connectivity index (χ2n) is 5.97. The highest BCUT2D eigenvalue weighted by Gasteiger charge is 2.26. The van der Waals surface area contributed by atoms with Crippen LogP contribution in [-0.2, 0) is 14.6 Å². The molecule has 0 spiro atoms. The molecule has 2 atom stereocenters. The van der Waals surface area contributed by atoms with Crippen LogP contribution < -0.4 is 10.6 Å².